The maximum atomic E-state index is 13.9. The molecule has 3 amide bonds. The lowest BCUT2D eigenvalue weighted by molar-refractivity contribution is -0.143. The molecule has 2 saturated heterocycles. The molecule has 0 spiro atoms. The molecule has 0 bridgehead atoms. The van der Waals surface area contributed by atoms with E-state index in [9.17, 15) is 40.3 Å². The van der Waals surface area contributed by atoms with E-state index >= 15 is 0 Å². The zero-order valence-corrected chi connectivity index (χ0v) is 23.9. The lowest BCUT2D eigenvalue weighted by atomic mass is 9.88. The van der Waals surface area contributed by atoms with Crippen molar-refractivity contribution in [2.24, 2.45) is 0 Å². The van der Waals surface area contributed by atoms with Gasteiger partial charge in [-0.3, -0.25) is 9.69 Å². The van der Waals surface area contributed by atoms with Gasteiger partial charge in [0.25, 0.3) is 0 Å². The number of likely N-dealkylation sites (tertiary alicyclic amines) is 1. The van der Waals surface area contributed by atoms with Crippen LogP contribution in [-0.2, 0) is 28.5 Å². The van der Waals surface area contributed by atoms with E-state index in [0.717, 1.165) is 4.90 Å². The second kappa shape index (κ2) is 13.3. The number of carbonyl (C=O) groups is 3. The van der Waals surface area contributed by atoms with E-state index in [1.807, 2.05) is 18.7 Å². The van der Waals surface area contributed by atoms with Crippen LogP contribution in [0.1, 0.15) is 46.7 Å². The zero-order valence-electron chi connectivity index (χ0n) is 23.9. The third kappa shape index (κ3) is 8.03. The van der Waals surface area contributed by atoms with Crippen molar-refractivity contribution in [3.63, 3.8) is 0 Å². The van der Waals surface area contributed by atoms with E-state index in [2.05, 4.69) is 0 Å². The molecule has 14 heteroatoms. The molecule has 2 heterocycles. The number of hydrogen-bond donors (Lipinski definition) is 0. The van der Waals surface area contributed by atoms with E-state index in [-0.39, 0.29) is 36.7 Å². The van der Waals surface area contributed by atoms with Crippen LogP contribution in [0.4, 0.5) is 35.5 Å². The Morgan fingerprint density at radius 1 is 0.977 bits per heavy atom. The molecule has 0 unspecified atom stereocenters. The summed E-state index contributed by atoms with van der Waals surface area (Å²) in [6.07, 6.45) is -9.23. The van der Waals surface area contributed by atoms with Gasteiger partial charge in [0.05, 0.1) is 23.7 Å². The third-order valence-corrected chi connectivity index (χ3v) is 7.69. The molecule has 2 atom stereocenters. The Morgan fingerprint density at radius 3 is 2.12 bits per heavy atom. The Kier molecular flexibility index (Phi) is 10.5. The first-order valence-electron chi connectivity index (χ1n) is 13.4. The fraction of sp³-hybridized carbons (Fsp3) is 0.483. The van der Waals surface area contributed by atoms with Gasteiger partial charge in [-0.15, -0.1) is 0 Å². The largest absolute Gasteiger partial charge is 0.416 e. The average molecular weight is 619 g/mol. The number of amides is 3. The first-order valence-corrected chi connectivity index (χ1v) is 13.4. The second-order valence-corrected chi connectivity index (χ2v) is 10.8. The minimum atomic E-state index is -5.01. The van der Waals surface area contributed by atoms with E-state index < -0.39 is 47.9 Å². The van der Waals surface area contributed by atoms with Gasteiger partial charge in [-0.05, 0) is 73.8 Å². The fourth-order valence-electron chi connectivity index (χ4n) is 5.63. The van der Waals surface area contributed by atoms with Crippen molar-refractivity contribution >= 4 is 18.7 Å². The van der Waals surface area contributed by atoms with Crippen molar-refractivity contribution in [3.05, 3.63) is 70.0 Å². The molecular formula is C29H33F7N4O3. The molecule has 2 aromatic carbocycles. The smallest absolute Gasteiger partial charge is 0.337 e. The summed E-state index contributed by atoms with van der Waals surface area (Å²) in [4.78, 5) is 40.7. The van der Waals surface area contributed by atoms with Crippen LogP contribution in [0.15, 0.2) is 36.4 Å². The Balaban J connectivity index is 0.00000248. The van der Waals surface area contributed by atoms with Crippen LogP contribution >= 0.6 is 0 Å². The van der Waals surface area contributed by atoms with Crippen LogP contribution in [-0.4, -0.2) is 84.6 Å². The van der Waals surface area contributed by atoms with Gasteiger partial charge in [-0.2, -0.15) is 26.3 Å². The van der Waals surface area contributed by atoms with Gasteiger partial charge in [-0.25, -0.2) is 9.18 Å². The number of benzene rings is 2. The Bertz CT molecular complexity index is 1290. The molecule has 4 rings (SSSR count). The monoisotopic (exact) mass is 618 g/mol. The van der Waals surface area contributed by atoms with Crippen molar-refractivity contribution in [2.45, 2.75) is 50.7 Å². The van der Waals surface area contributed by atoms with Crippen LogP contribution in [0.5, 0.6) is 0 Å². The summed E-state index contributed by atoms with van der Waals surface area (Å²) in [6, 6.07) is 4.01. The molecule has 0 radical (unpaired) electrons. The van der Waals surface area contributed by atoms with E-state index in [0.29, 0.717) is 49.2 Å². The van der Waals surface area contributed by atoms with Crippen molar-refractivity contribution in [3.8, 4) is 0 Å². The number of aryl methyl sites for hydroxylation is 1. The number of nitrogens with zero attached hydrogens (tertiary/aromatic N) is 4. The highest BCUT2D eigenvalue weighted by Gasteiger charge is 2.40. The molecule has 7 nitrogen and oxygen atoms in total. The lowest BCUT2D eigenvalue weighted by Gasteiger charge is -2.46. The molecule has 43 heavy (non-hydrogen) atoms. The van der Waals surface area contributed by atoms with Crippen molar-refractivity contribution < 1.29 is 45.1 Å². The molecular weight excluding hydrogens is 585 g/mol. The Hall–Kier alpha value is -3.68. The molecule has 0 saturated carbocycles. The van der Waals surface area contributed by atoms with Crippen molar-refractivity contribution in [2.75, 3.05) is 40.3 Å². The van der Waals surface area contributed by atoms with Crippen LogP contribution in [0.25, 0.3) is 0 Å². The van der Waals surface area contributed by atoms with Crippen LogP contribution < -0.4 is 0 Å². The van der Waals surface area contributed by atoms with E-state index in [1.165, 1.54) is 24.1 Å². The summed E-state index contributed by atoms with van der Waals surface area (Å²) in [5, 5.41) is 0. The predicted molar refractivity (Wildman–Crippen MR) is 143 cm³/mol. The summed E-state index contributed by atoms with van der Waals surface area (Å²) < 4.78 is 94.0. The fourth-order valence-corrected chi connectivity index (χ4v) is 5.63. The molecule has 0 N–H and O–H groups in total. The van der Waals surface area contributed by atoms with Crippen molar-refractivity contribution in [1.82, 2.24) is 19.6 Å². The summed E-state index contributed by atoms with van der Waals surface area (Å²) in [6.45, 7) is 4.84. The molecule has 2 fully saturated rings. The summed E-state index contributed by atoms with van der Waals surface area (Å²) >= 11 is 0. The Labute approximate surface area is 244 Å². The van der Waals surface area contributed by atoms with E-state index in [4.69, 9.17) is 4.79 Å². The molecule has 0 aromatic heterocycles. The number of piperazine rings is 1. The number of rotatable bonds is 4. The molecule has 236 valence electrons. The standard InChI is InChI=1S/C28H31F7N4O2.CH2O/c1-17-10-21(29)4-5-23(17)24-14-22(38-9-8-36(2)16-25(38)40)6-7-39(24)26(41)37(3)15-18-11-19(27(30,31)32)13-20(12-18)28(33,34)35;1-2/h4-5,10-13,22,24H,6-9,14-16H2,1-3H3;1H2/t22-,24+;/m0./s1. The maximum absolute atomic E-state index is 13.9. The minimum absolute atomic E-state index is 0.0414. The predicted octanol–water partition coefficient (Wildman–Crippen LogP) is 5.52. The lowest BCUT2D eigenvalue weighted by Crippen LogP contribution is -2.57. The number of likely N-dealkylation sites (N-methyl/N-ethyl adjacent to an activating group) is 1. The van der Waals surface area contributed by atoms with Gasteiger partial charge < -0.3 is 19.5 Å². The van der Waals surface area contributed by atoms with Crippen LogP contribution in [0.3, 0.4) is 0 Å². The average Bonchev–Trinajstić information content (AvgIpc) is 2.92. The normalized spacial score (nSPS) is 20.0. The highest BCUT2D eigenvalue weighted by Crippen LogP contribution is 2.38. The number of piperidine rings is 1. The quantitative estimate of drug-likeness (QED) is 0.424. The van der Waals surface area contributed by atoms with Crippen LogP contribution in [0, 0.1) is 12.7 Å². The number of carbonyl (C=O) groups excluding carboxylic acids is 3. The Morgan fingerprint density at radius 2 is 1.58 bits per heavy atom. The topological polar surface area (TPSA) is 64.2 Å². The molecule has 0 aliphatic carbocycles. The van der Waals surface area contributed by atoms with Gasteiger partial charge in [0.2, 0.25) is 5.91 Å². The number of hydrogen-bond acceptors (Lipinski definition) is 4. The van der Waals surface area contributed by atoms with Crippen LogP contribution in [0.2, 0.25) is 0 Å². The number of urea groups is 1. The zero-order chi connectivity index (χ0) is 32.3. The number of halogens is 7. The molecule has 2 aliphatic rings. The van der Waals surface area contributed by atoms with Gasteiger partial charge in [-0.1, -0.05) is 6.07 Å². The number of alkyl halides is 6. The highest BCUT2D eigenvalue weighted by molar-refractivity contribution is 5.79. The first-order chi connectivity index (χ1) is 20.0. The first kappa shape index (κ1) is 33.8. The molecule has 2 aromatic rings. The maximum Gasteiger partial charge on any atom is 0.416 e. The minimum Gasteiger partial charge on any atom is -0.337 e. The van der Waals surface area contributed by atoms with Gasteiger partial charge in [0.1, 0.15) is 12.6 Å². The summed E-state index contributed by atoms with van der Waals surface area (Å²) in [7, 11) is 3.15. The van der Waals surface area contributed by atoms with Crippen molar-refractivity contribution in [1.29, 1.82) is 0 Å². The summed E-state index contributed by atoms with van der Waals surface area (Å²) in [5.41, 5.74) is -2.01. The highest BCUT2D eigenvalue weighted by atomic mass is 19.4. The van der Waals surface area contributed by atoms with Gasteiger partial charge in [0, 0.05) is 39.3 Å². The summed E-state index contributed by atoms with van der Waals surface area (Å²) in [5.74, 6) is -0.506. The second-order valence-electron chi connectivity index (χ2n) is 10.8. The van der Waals surface area contributed by atoms with Gasteiger partial charge in [0.15, 0.2) is 0 Å². The SMILES string of the molecule is C=O.Cc1cc(F)ccc1[C@H]1C[C@@H](N2CCN(C)CC2=O)CCN1C(=O)N(C)Cc1cc(C(F)(F)F)cc(C(F)(F)F)c1. The third-order valence-electron chi connectivity index (χ3n) is 7.69. The van der Waals surface area contributed by atoms with E-state index in [1.54, 1.807) is 17.9 Å². The molecule has 2 aliphatic heterocycles. The van der Waals surface area contributed by atoms with Gasteiger partial charge >= 0.3 is 18.4 Å².